The minimum Gasteiger partial charge on any atom is -0.376 e. The second-order valence-corrected chi connectivity index (χ2v) is 6.13. The van der Waals surface area contributed by atoms with Gasteiger partial charge in [0, 0.05) is 12.5 Å². The molecule has 1 aliphatic heterocycles. The highest BCUT2D eigenvalue weighted by atomic mass is 32.2. The number of rotatable bonds is 6. The lowest BCUT2D eigenvalue weighted by Gasteiger charge is -2.36. The summed E-state index contributed by atoms with van der Waals surface area (Å²) in [5.74, 6) is -0.657. The van der Waals surface area contributed by atoms with E-state index < -0.39 is 15.9 Å². The van der Waals surface area contributed by atoms with Gasteiger partial charge in [0.25, 0.3) is 10.1 Å². The van der Waals surface area contributed by atoms with Crippen molar-refractivity contribution in [3.05, 3.63) is 0 Å². The van der Waals surface area contributed by atoms with Crippen LogP contribution in [0.3, 0.4) is 0 Å². The van der Waals surface area contributed by atoms with Crippen LogP contribution in [-0.4, -0.2) is 50.9 Å². The molecule has 1 N–H and O–H groups in total. The molecule has 0 saturated carbocycles. The van der Waals surface area contributed by atoms with Crippen molar-refractivity contribution in [2.45, 2.75) is 26.1 Å². The van der Waals surface area contributed by atoms with Crippen LogP contribution in [0.15, 0.2) is 0 Å². The van der Waals surface area contributed by atoms with Gasteiger partial charge in [-0.15, -0.1) is 0 Å². The van der Waals surface area contributed by atoms with Gasteiger partial charge in [-0.05, 0) is 13.3 Å². The molecule has 1 rings (SSSR count). The molecule has 0 aromatic rings. The van der Waals surface area contributed by atoms with Gasteiger partial charge in [-0.1, -0.05) is 6.92 Å². The van der Waals surface area contributed by atoms with Crippen LogP contribution in [0.5, 0.6) is 0 Å². The molecule has 0 atom stereocenters. The summed E-state index contributed by atoms with van der Waals surface area (Å²) in [5.41, 5.74) is 0. The number of hydrogen-bond acceptors (Lipinski definition) is 5. The Morgan fingerprint density at radius 1 is 1.41 bits per heavy atom. The minimum absolute atomic E-state index is 0.248. The second-order valence-electron chi connectivity index (χ2n) is 4.55. The van der Waals surface area contributed by atoms with E-state index in [9.17, 15) is 8.42 Å². The summed E-state index contributed by atoms with van der Waals surface area (Å²) in [7, 11) is -3.89. The average molecular weight is 268 g/mol. The third-order valence-electron chi connectivity index (χ3n) is 2.40. The zero-order valence-electron chi connectivity index (χ0n) is 10.2. The van der Waals surface area contributed by atoms with E-state index in [2.05, 4.69) is 0 Å². The van der Waals surface area contributed by atoms with Crippen LogP contribution in [0.25, 0.3) is 0 Å². The Morgan fingerprint density at radius 2 is 2.00 bits per heavy atom. The van der Waals surface area contributed by atoms with Gasteiger partial charge in [-0.25, -0.2) is 0 Å². The Bertz CT molecular complexity index is 318. The van der Waals surface area contributed by atoms with E-state index in [1.165, 1.54) is 0 Å². The Labute approximate surface area is 102 Å². The standard InChI is InChI=1S/C10H20O6S/c1-9-6-15-10(2,16-7-9)8-14-4-3-5-17(11,12)13/h9H,3-8H2,1-2H3,(H,11,12,13). The molecule has 0 aromatic carbocycles. The van der Waals surface area contributed by atoms with Crippen LogP contribution < -0.4 is 0 Å². The van der Waals surface area contributed by atoms with Gasteiger partial charge in [0.2, 0.25) is 0 Å². The van der Waals surface area contributed by atoms with Crippen LogP contribution in [0.2, 0.25) is 0 Å². The summed E-state index contributed by atoms with van der Waals surface area (Å²) < 4.78 is 45.7. The normalized spacial score (nSPS) is 30.4. The molecule has 1 aliphatic rings. The molecule has 0 amide bonds. The molecular weight excluding hydrogens is 248 g/mol. The zero-order chi connectivity index (χ0) is 12.9. The molecular formula is C10H20O6S. The van der Waals surface area contributed by atoms with Gasteiger partial charge in [0.1, 0.15) is 6.61 Å². The summed E-state index contributed by atoms with van der Waals surface area (Å²) in [6.07, 6.45) is 0.255. The Balaban J connectivity index is 2.14. The van der Waals surface area contributed by atoms with Crippen molar-refractivity contribution < 1.29 is 27.2 Å². The van der Waals surface area contributed by atoms with E-state index in [4.69, 9.17) is 18.8 Å². The van der Waals surface area contributed by atoms with Gasteiger partial charge in [-0.2, -0.15) is 8.42 Å². The molecule has 0 bridgehead atoms. The Kier molecular flexibility index (Phi) is 5.33. The SMILES string of the molecule is CC1COC(C)(COCCCS(=O)(=O)O)OC1. The van der Waals surface area contributed by atoms with E-state index in [1.807, 2.05) is 6.92 Å². The first kappa shape index (κ1) is 14.8. The predicted octanol–water partition coefficient (Wildman–Crippen LogP) is 0.680. The maximum Gasteiger partial charge on any atom is 0.264 e. The second kappa shape index (κ2) is 6.10. The smallest absolute Gasteiger partial charge is 0.264 e. The molecule has 1 heterocycles. The third-order valence-corrected chi connectivity index (χ3v) is 3.21. The zero-order valence-corrected chi connectivity index (χ0v) is 11.0. The molecule has 0 unspecified atom stereocenters. The lowest BCUT2D eigenvalue weighted by molar-refractivity contribution is -0.289. The molecule has 1 saturated heterocycles. The molecule has 17 heavy (non-hydrogen) atoms. The van der Waals surface area contributed by atoms with Crippen LogP contribution in [0.4, 0.5) is 0 Å². The molecule has 7 heteroatoms. The van der Waals surface area contributed by atoms with Crippen molar-refractivity contribution in [3.8, 4) is 0 Å². The maximum absolute atomic E-state index is 10.4. The van der Waals surface area contributed by atoms with E-state index in [0.29, 0.717) is 19.1 Å². The first-order chi connectivity index (χ1) is 7.81. The molecule has 0 radical (unpaired) electrons. The fourth-order valence-corrected chi connectivity index (χ4v) is 1.89. The summed E-state index contributed by atoms with van der Waals surface area (Å²) in [4.78, 5) is 0. The fourth-order valence-electron chi connectivity index (χ4n) is 1.41. The largest absolute Gasteiger partial charge is 0.376 e. The van der Waals surface area contributed by atoms with Crippen molar-refractivity contribution in [1.29, 1.82) is 0 Å². The van der Waals surface area contributed by atoms with Gasteiger partial charge in [-0.3, -0.25) is 4.55 Å². The number of hydrogen-bond donors (Lipinski definition) is 1. The van der Waals surface area contributed by atoms with E-state index in [0.717, 1.165) is 0 Å². The van der Waals surface area contributed by atoms with E-state index >= 15 is 0 Å². The molecule has 0 aromatic heterocycles. The summed E-state index contributed by atoms with van der Waals surface area (Å²) in [6, 6.07) is 0. The van der Waals surface area contributed by atoms with Crippen molar-refractivity contribution in [1.82, 2.24) is 0 Å². The first-order valence-electron chi connectivity index (χ1n) is 5.61. The van der Waals surface area contributed by atoms with Crippen molar-refractivity contribution in [2.75, 3.05) is 32.2 Å². The highest BCUT2D eigenvalue weighted by Gasteiger charge is 2.31. The molecule has 1 fully saturated rings. The average Bonchev–Trinajstić information content (AvgIpc) is 2.21. The highest BCUT2D eigenvalue weighted by Crippen LogP contribution is 2.21. The van der Waals surface area contributed by atoms with Gasteiger partial charge < -0.3 is 14.2 Å². The highest BCUT2D eigenvalue weighted by molar-refractivity contribution is 7.85. The van der Waals surface area contributed by atoms with Gasteiger partial charge in [0.15, 0.2) is 5.79 Å². The topological polar surface area (TPSA) is 82.1 Å². The number of ether oxygens (including phenoxy) is 3. The summed E-state index contributed by atoms with van der Waals surface area (Å²) >= 11 is 0. The van der Waals surface area contributed by atoms with Crippen molar-refractivity contribution in [2.24, 2.45) is 5.92 Å². The Hall–Kier alpha value is -0.210. The van der Waals surface area contributed by atoms with E-state index in [1.54, 1.807) is 6.92 Å². The summed E-state index contributed by atoms with van der Waals surface area (Å²) in [6.45, 7) is 5.59. The molecule has 0 spiro atoms. The lowest BCUT2D eigenvalue weighted by Crippen LogP contribution is -2.44. The fraction of sp³-hybridized carbons (Fsp3) is 1.00. The lowest BCUT2D eigenvalue weighted by atomic mass is 10.2. The summed E-state index contributed by atoms with van der Waals surface area (Å²) in [5, 5.41) is 0. The van der Waals surface area contributed by atoms with Crippen LogP contribution >= 0.6 is 0 Å². The van der Waals surface area contributed by atoms with E-state index in [-0.39, 0.29) is 25.4 Å². The monoisotopic (exact) mass is 268 g/mol. The van der Waals surface area contributed by atoms with Crippen molar-refractivity contribution >= 4 is 10.1 Å². The maximum atomic E-state index is 10.4. The molecule has 0 aliphatic carbocycles. The van der Waals surface area contributed by atoms with Gasteiger partial charge in [0.05, 0.1) is 19.0 Å². The quantitative estimate of drug-likeness (QED) is 0.563. The van der Waals surface area contributed by atoms with Gasteiger partial charge >= 0.3 is 0 Å². The third kappa shape index (κ3) is 6.32. The molecule has 6 nitrogen and oxygen atoms in total. The van der Waals surface area contributed by atoms with Crippen LogP contribution in [-0.2, 0) is 24.3 Å². The first-order valence-corrected chi connectivity index (χ1v) is 7.22. The van der Waals surface area contributed by atoms with Crippen molar-refractivity contribution in [3.63, 3.8) is 0 Å². The van der Waals surface area contributed by atoms with Crippen LogP contribution in [0.1, 0.15) is 20.3 Å². The molecule has 102 valence electrons. The van der Waals surface area contributed by atoms with Crippen LogP contribution in [0, 0.1) is 5.92 Å². The predicted molar refractivity (Wildman–Crippen MR) is 61.3 cm³/mol. The Morgan fingerprint density at radius 3 is 2.53 bits per heavy atom. The minimum atomic E-state index is -3.89.